The molecular weight excluding hydrogens is 306 g/mol. The number of fused-ring (bicyclic) bond motifs is 1. The summed E-state index contributed by atoms with van der Waals surface area (Å²) in [5.41, 5.74) is -0.0389. The molecule has 8 heteroatoms. The van der Waals surface area contributed by atoms with Crippen molar-refractivity contribution in [3.05, 3.63) is 30.0 Å². The fourth-order valence-electron chi connectivity index (χ4n) is 2.64. The molecule has 2 aromatic heterocycles. The van der Waals surface area contributed by atoms with Crippen LogP contribution in [0.25, 0.3) is 0 Å². The average molecular weight is 331 g/mol. The molecule has 130 valence electrons. The molecule has 24 heavy (non-hydrogen) atoms. The highest BCUT2D eigenvalue weighted by Crippen LogP contribution is 2.22. The number of nitrogens with one attached hydrogen (secondary N) is 2. The third-order valence-electron chi connectivity index (χ3n) is 4.07. The molecule has 0 saturated heterocycles. The van der Waals surface area contributed by atoms with E-state index in [0.717, 1.165) is 36.9 Å². The van der Waals surface area contributed by atoms with Crippen LogP contribution in [-0.4, -0.2) is 38.8 Å². The number of hydrogen-bond donors (Lipinski definition) is 2. The van der Waals surface area contributed by atoms with Crippen LogP contribution in [0, 0.1) is 0 Å². The van der Waals surface area contributed by atoms with Crippen molar-refractivity contribution >= 4 is 5.96 Å². The summed E-state index contributed by atoms with van der Waals surface area (Å²) >= 11 is 0. The van der Waals surface area contributed by atoms with Gasteiger partial charge in [0, 0.05) is 24.9 Å². The highest BCUT2D eigenvalue weighted by atomic mass is 16.4. The molecule has 0 bridgehead atoms. The van der Waals surface area contributed by atoms with Gasteiger partial charge in [-0.05, 0) is 6.42 Å². The van der Waals surface area contributed by atoms with Gasteiger partial charge in [-0.3, -0.25) is 4.99 Å². The maximum atomic E-state index is 5.79. The molecule has 1 atom stereocenters. The lowest BCUT2D eigenvalue weighted by atomic mass is 9.94. The van der Waals surface area contributed by atoms with Crippen LogP contribution >= 0.6 is 0 Å². The molecule has 0 fully saturated rings. The Kier molecular flexibility index (Phi) is 4.55. The van der Waals surface area contributed by atoms with Crippen molar-refractivity contribution in [1.29, 1.82) is 0 Å². The van der Waals surface area contributed by atoms with Crippen molar-refractivity contribution in [2.24, 2.45) is 4.99 Å². The molecular formula is C16H25N7O. The Bertz CT molecular complexity index is 710. The summed E-state index contributed by atoms with van der Waals surface area (Å²) in [4.78, 5) is 12.8. The first-order valence-corrected chi connectivity index (χ1v) is 8.25. The van der Waals surface area contributed by atoms with Gasteiger partial charge in [0.25, 0.3) is 0 Å². The van der Waals surface area contributed by atoms with Crippen molar-refractivity contribution in [1.82, 2.24) is 30.4 Å². The maximum Gasteiger partial charge on any atom is 0.213 e. The number of nitrogens with zero attached hydrogens (tertiary/aromatic N) is 5. The van der Waals surface area contributed by atoms with E-state index < -0.39 is 0 Å². The molecule has 1 unspecified atom stereocenters. The molecule has 0 spiro atoms. The predicted octanol–water partition coefficient (Wildman–Crippen LogP) is 1.24. The summed E-state index contributed by atoms with van der Waals surface area (Å²) in [6.07, 6.45) is 5.33. The van der Waals surface area contributed by atoms with Gasteiger partial charge in [-0.1, -0.05) is 20.8 Å². The highest BCUT2D eigenvalue weighted by molar-refractivity contribution is 5.79. The molecule has 2 aromatic rings. The van der Waals surface area contributed by atoms with E-state index in [1.165, 1.54) is 0 Å². The molecule has 3 heterocycles. The molecule has 0 saturated carbocycles. The van der Waals surface area contributed by atoms with Crippen molar-refractivity contribution in [2.75, 3.05) is 7.05 Å². The van der Waals surface area contributed by atoms with Crippen LogP contribution in [0.15, 0.2) is 21.9 Å². The zero-order valence-electron chi connectivity index (χ0n) is 14.7. The van der Waals surface area contributed by atoms with E-state index in [1.54, 1.807) is 19.6 Å². The van der Waals surface area contributed by atoms with Gasteiger partial charge in [0.15, 0.2) is 5.96 Å². The van der Waals surface area contributed by atoms with Gasteiger partial charge in [0.1, 0.15) is 17.9 Å². The van der Waals surface area contributed by atoms with Crippen LogP contribution in [0.3, 0.4) is 0 Å². The van der Waals surface area contributed by atoms with E-state index in [-0.39, 0.29) is 11.5 Å². The lowest BCUT2D eigenvalue weighted by Gasteiger charge is -2.25. The minimum Gasteiger partial charge on any atom is -0.443 e. The Morgan fingerprint density at radius 3 is 2.96 bits per heavy atom. The predicted molar refractivity (Wildman–Crippen MR) is 90.7 cm³/mol. The molecule has 0 aliphatic carbocycles. The SMILES string of the molecule is CN=C(NCc1ncc(C(C)(C)C)o1)NC1CCc2ncnn2C1. The minimum atomic E-state index is -0.0389. The van der Waals surface area contributed by atoms with Gasteiger partial charge >= 0.3 is 0 Å². The smallest absolute Gasteiger partial charge is 0.213 e. The zero-order valence-corrected chi connectivity index (χ0v) is 14.7. The Labute approximate surface area is 141 Å². The van der Waals surface area contributed by atoms with Crippen molar-refractivity contribution < 1.29 is 4.42 Å². The first-order chi connectivity index (χ1) is 11.5. The minimum absolute atomic E-state index is 0.0389. The maximum absolute atomic E-state index is 5.79. The van der Waals surface area contributed by atoms with E-state index in [1.807, 2.05) is 4.68 Å². The van der Waals surface area contributed by atoms with E-state index in [0.29, 0.717) is 12.4 Å². The van der Waals surface area contributed by atoms with Crippen LogP contribution in [0.4, 0.5) is 0 Å². The number of aryl methyl sites for hydroxylation is 1. The highest BCUT2D eigenvalue weighted by Gasteiger charge is 2.21. The molecule has 1 aliphatic heterocycles. The molecule has 1 aliphatic rings. The van der Waals surface area contributed by atoms with E-state index in [9.17, 15) is 0 Å². The van der Waals surface area contributed by atoms with E-state index in [4.69, 9.17) is 4.42 Å². The normalized spacial score (nSPS) is 18.3. The van der Waals surface area contributed by atoms with Crippen LogP contribution in [0.1, 0.15) is 44.7 Å². The summed E-state index contributed by atoms with van der Waals surface area (Å²) in [6, 6.07) is 0.278. The van der Waals surface area contributed by atoms with Gasteiger partial charge in [-0.15, -0.1) is 0 Å². The number of oxazole rings is 1. The molecule has 0 radical (unpaired) electrons. The molecule has 2 N–H and O–H groups in total. The number of guanidine groups is 1. The van der Waals surface area contributed by atoms with Gasteiger partial charge < -0.3 is 15.1 Å². The third kappa shape index (κ3) is 3.74. The monoisotopic (exact) mass is 331 g/mol. The van der Waals surface area contributed by atoms with Crippen LogP contribution in [0.2, 0.25) is 0 Å². The summed E-state index contributed by atoms with van der Waals surface area (Å²) in [7, 11) is 1.76. The van der Waals surface area contributed by atoms with Crippen LogP contribution < -0.4 is 10.6 Å². The fraction of sp³-hybridized carbons (Fsp3) is 0.625. The second-order valence-corrected chi connectivity index (χ2v) is 7.03. The topological polar surface area (TPSA) is 93.2 Å². The van der Waals surface area contributed by atoms with Gasteiger partial charge in [-0.25, -0.2) is 14.6 Å². The number of aromatic nitrogens is 4. The van der Waals surface area contributed by atoms with Crippen molar-refractivity contribution in [3.63, 3.8) is 0 Å². The van der Waals surface area contributed by atoms with Crippen molar-refractivity contribution in [3.8, 4) is 0 Å². The fourth-order valence-corrected chi connectivity index (χ4v) is 2.64. The summed E-state index contributed by atoms with van der Waals surface area (Å²) in [5.74, 6) is 3.32. The largest absolute Gasteiger partial charge is 0.443 e. The standard InChI is InChI=1S/C16H25N7O/c1-16(2,3)12-7-18-14(24-12)8-19-15(17-4)22-11-5-6-13-20-10-21-23(13)9-11/h7,10-11H,5-6,8-9H2,1-4H3,(H2,17,19,22). The molecule has 0 aromatic carbocycles. The number of rotatable bonds is 3. The van der Waals surface area contributed by atoms with Gasteiger partial charge in [0.05, 0.1) is 19.3 Å². The Morgan fingerprint density at radius 2 is 2.25 bits per heavy atom. The zero-order chi connectivity index (χ0) is 17.2. The van der Waals surface area contributed by atoms with Gasteiger partial charge in [-0.2, -0.15) is 5.10 Å². The third-order valence-corrected chi connectivity index (χ3v) is 4.07. The van der Waals surface area contributed by atoms with E-state index in [2.05, 4.69) is 51.5 Å². The summed E-state index contributed by atoms with van der Waals surface area (Å²) in [6.45, 7) is 7.60. The Morgan fingerprint density at radius 1 is 1.42 bits per heavy atom. The van der Waals surface area contributed by atoms with Crippen molar-refractivity contribution in [2.45, 2.75) is 58.2 Å². The van der Waals surface area contributed by atoms with Gasteiger partial charge in [0.2, 0.25) is 5.89 Å². The molecule has 8 nitrogen and oxygen atoms in total. The molecule has 3 rings (SSSR count). The molecule has 0 amide bonds. The summed E-state index contributed by atoms with van der Waals surface area (Å²) < 4.78 is 7.73. The lowest BCUT2D eigenvalue weighted by Crippen LogP contribution is -2.46. The Hall–Kier alpha value is -2.38. The van der Waals surface area contributed by atoms with E-state index >= 15 is 0 Å². The average Bonchev–Trinajstić information content (AvgIpc) is 3.19. The second kappa shape index (κ2) is 6.62. The number of aliphatic imine (C=N–C) groups is 1. The number of hydrogen-bond acceptors (Lipinski definition) is 5. The quantitative estimate of drug-likeness (QED) is 0.649. The second-order valence-electron chi connectivity index (χ2n) is 7.03. The lowest BCUT2D eigenvalue weighted by molar-refractivity contribution is 0.376. The summed E-state index contributed by atoms with van der Waals surface area (Å²) in [5, 5.41) is 10.9. The van der Waals surface area contributed by atoms with Crippen LogP contribution in [0.5, 0.6) is 0 Å². The van der Waals surface area contributed by atoms with Crippen LogP contribution in [-0.2, 0) is 24.9 Å². The Balaban J connectivity index is 1.53. The first kappa shape index (κ1) is 16.5. The first-order valence-electron chi connectivity index (χ1n) is 8.25.